The average Bonchev–Trinajstić information content (AvgIpc) is 3.95. The van der Waals surface area contributed by atoms with Crippen LogP contribution < -0.4 is 4.90 Å². The van der Waals surface area contributed by atoms with Gasteiger partial charge in [0.1, 0.15) is 11.2 Å². The third-order valence-electron chi connectivity index (χ3n) is 14.0. The van der Waals surface area contributed by atoms with E-state index in [0.29, 0.717) is 0 Å². The molecule has 0 radical (unpaired) electrons. The molecule has 3 heteroatoms. The Morgan fingerprint density at radius 3 is 1.85 bits per heavy atom. The maximum Gasteiger partial charge on any atom is 0.143 e. The van der Waals surface area contributed by atoms with Crippen LogP contribution in [-0.2, 0) is 0 Å². The molecule has 2 aliphatic rings. The van der Waals surface area contributed by atoms with E-state index < -0.39 is 0 Å². The highest BCUT2D eigenvalue weighted by atomic mass is 16.3. The monoisotopic (exact) mass is 858 g/mol. The molecule has 1 unspecified atom stereocenters. The average molecular weight is 859 g/mol. The van der Waals surface area contributed by atoms with Crippen molar-refractivity contribution < 1.29 is 4.42 Å². The van der Waals surface area contributed by atoms with Gasteiger partial charge in [0.05, 0.1) is 16.7 Å². The number of fused-ring (bicyclic) bond motifs is 7. The Kier molecular flexibility index (Phi) is 9.45. The minimum absolute atomic E-state index is 0.257. The zero-order valence-corrected chi connectivity index (χ0v) is 37.0. The molecular formula is C64H46N2O. The number of rotatable bonds is 8. The molecule has 67 heavy (non-hydrogen) atoms. The maximum absolute atomic E-state index is 6.69. The Labute approximate surface area is 390 Å². The van der Waals surface area contributed by atoms with Gasteiger partial charge in [-0.1, -0.05) is 194 Å². The minimum atomic E-state index is 0.257. The van der Waals surface area contributed by atoms with Crippen molar-refractivity contribution in [1.82, 2.24) is 4.57 Å². The molecule has 0 aliphatic heterocycles. The summed E-state index contributed by atoms with van der Waals surface area (Å²) in [5, 5.41) is 7.31. The molecule has 11 aromatic rings. The lowest BCUT2D eigenvalue weighted by molar-refractivity contribution is 0.667. The molecule has 2 aromatic heterocycles. The summed E-state index contributed by atoms with van der Waals surface area (Å²) in [7, 11) is 0. The second-order valence-corrected chi connectivity index (χ2v) is 17.8. The Bertz CT molecular complexity index is 3760. The summed E-state index contributed by atoms with van der Waals surface area (Å²) in [6.45, 7) is 0. The number of allylic oxidation sites excluding steroid dienone is 8. The first kappa shape index (κ1) is 39.0. The van der Waals surface area contributed by atoms with Gasteiger partial charge < -0.3 is 13.9 Å². The van der Waals surface area contributed by atoms with Gasteiger partial charge in [-0.25, -0.2) is 0 Å². The van der Waals surface area contributed by atoms with Crippen molar-refractivity contribution in [3.63, 3.8) is 0 Å². The van der Waals surface area contributed by atoms with Gasteiger partial charge in [0.2, 0.25) is 0 Å². The van der Waals surface area contributed by atoms with E-state index in [1.165, 1.54) is 77.4 Å². The van der Waals surface area contributed by atoms with Crippen LogP contribution >= 0.6 is 0 Å². The molecular weight excluding hydrogens is 813 g/mol. The second-order valence-electron chi connectivity index (χ2n) is 17.8. The summed E-state index contributed by atoms with van der Waals surface area (Å²) in [5.74, 6) is 0.257. The van der Waals surface area contributed by atoms with Gasteiger partial charge in [0, 0.05) is 61.2 Å². The molecule has 1 atom stereocenters. The van der Waals surface area contributed by atoms with Gasteiger partial charge in [-0.3, -0.25) is 0 Å². The number of hydrogen-bond donors (Lipinski definition) is 0. The third-order valence-corrected chi connectivity index (χ3v) is 14.0. The lowest BCUT2D eigenvalue weighted by Crippen LogP contribution is -2.19. The van der Waals surface area contributed by atoms with Crippen LogP contribution in [0.4, 0.5) is 11.4 Å². The van der Waals surface area contributed by atoms with Crippen LogP contribution in [0, 0.1) is 0 Å². The molecule has 9 aromatic carbocycles. The van der Waals surface area contributed by atoms with Crippen molar-refractivity contribution in [1.29, 1.82) is 0 Å². The van der Waals surface area contributed by atoms with E-state index in [-0.39, 0.29) is 5.92 Å². The predicted molar refractivity (Wildman–Crippen MR) is 282 cm³/mol. The Hall–Kier alpha value is -8.40. The van der Waals surface area contributed by atoms with E-state index >= 15 is 0 Å². The van der Waals surface area contributed by atoms with E-state index in [0.717, 1.165) is 58.1 Å². The molecule has 2 heterocycles. The highest BCUT2D eigenvalue weighted by Gasteiger charge is 2.26. The van der Waals surface area contributed by atoms with Crippen LogP contribution in [0.3, 0.4) is 0 Å². The second kappa shape index (κ2) is 16.2. The molecule has 0 amide bonds. The van der Waals surface area contributed by atoms with Gasteiger partial charge in [0.15, 0.2) is 0 Å². The molecule has 3 nitrogen and oxygen atoms in total. The zero-order valence-electron chi connectivity index (χ0n) is 37.0. The Morgan fingerprint density at radius 1 is 0.493 bits per heavy atom. The number of aromatic nitrogens is 1. The molecule has 13 rings (SSSR count). The molecule has 0 spiro atoms. The minimum Gasteiger partial charge on any atom is -0.455 e. The lowest BCUT2D eigenvalue weighted by atomic mass is 9.86. The topological polar surface area (TPSA) is 21.3 Å². The summed E-state index contributed by atoms with van der Waals surface area (Å²) in [6.07, 6.45) is 12.3. The van der Waals surface area contributed by atoms with Crippen molar-refractivity contribution in [2.45, 2.75) is 25.2 Å². The molecule has 0 bridgehead atoms. The quantitative estimate of drug-likeness (QED) is 0.152. The summed E-state index contributed by atoms with van der Waals surface area (Å²) < 4.78 is 9.18. The van der Waals surface area contributed by atoms with Gasteiger partial charge >= 0.3 is 0 Å². The van der Waals surface area contributed by atoms with Crippen molar-refractivity contribution in [2.75, 3.05) is 4.90 Å². The smallest absolute Gasteiger partial charge is 0.143 e. The summed E-state index contributed by atoms with van der Waals surface area (Å²) in [4.78, 5) is 2.49. The number of anilines is 2. The first-order valence-corrected chi connectivity index (χ1v) is 23.5. The molecule has 0 saturated heterocycles. The summed E-state index contributed by atoms with van der Waals surface area (Å²) in [6, 6.07) is 77.3. The molecule has 0 N–H and O–H groups in total. The number of furan rings is 1. The van der Waals surface area contributed by atoms with Crippen LogP contribution in [-0.4, -0.2) is 4.57 Å². The molecule has 2 aliphatic carbocycles. The Balaban J connectivity index is 0.965. The van der Waals surface area contributed by atoms with Crippen LogP contribution in [0.1, 0.15) is 41.9 Å². The van der Waals surface area contributed by atoms with Crippen LogP contribution in [0.25, 0.3) is 82.5 Å². The summed E-state index contributed by atoms with van der Waals surface area (Å²) >= 11 is 0. The largest absolute Gasteiger partial charge is 0.455 e. The number of hydrogen-bond acceptors (Lipinski definition) is 2. The van der Waals surface area contributed by atoms with Crippen molar-refractivity contribution in [2.24, 2.45) is 0 Å². The van der Waals surface area contributed by atoms with Gasteiger partial charge in [-0.05, 0) is 94.8 Å². The summed E-state index contributed by atoms with van der Waals surface area (Å²) in [5.41, 5.74) is 17.4. The fourth-order valence-corrected chi connectivity index (χ4v) is 10.9. The van der Waals surface area contributed by atoms with Crippen LogP contribution in [0.15, 0.2) is 247 Å². The van der Waals surface area contributed by atoms with Crippen molar-refractivity contribution in [3.8, 4) is 11.1 Å². The van der Waals surface area contributed by atoms with E-state index in [9.17, 15) is 0 Å². The molecule has 318 valence electrons. The highest BCUT2D eigenvalue weighted by Crippen LogP contribution is 2.46. The molecule has 0 saturated carbocycles. The number of para-hydroxylation sites is 4. The Morgan fingerprint density at radius 2 is 1.09 bits per heavy atom. The van der Waals surface area contributed by atoms with Gasteiger partial charge in [-0.2, -0.15) is 0 Å². The zero-order chi connectivity index (χ0) is 44.3. The van der Waals surface area contributed by atoms with Crippen molar-refractivity contribution >= 4 is 82.7 Å². The fourth-order valence-electron chi connectivity index (χ4n) is 10.9. The fraction of sp³-hybridized carbons (Fsp3) is 0.0625. The maximum atomic E-state index is 6.69. The van der Waals surface area contributed by atoms with E-state index in [4.69, 9.17) is 4.42 Å². The number of nitrogens with zero attached hydrogens (tertiary/aromatic N) is 2. The predicted octanol–water partition coefficient (Wildman–Crippen LogP) is 17.5. The number of benzene rings is 9. The highest BCUT2D eigenvalue weighted by molar-refractivity contribution is 6.14. The van der Waals surface area contributed by atoms with Gasteiger partial charge in [-0.15, -0.1) is 0 Å². The van der Waals surface area contributed by atoms with E-state index in [1.54, 1.807) is 0 Å². The normalized spacial score (nSPS) is 15.2. The van der Waals surface area contributed by atoms with Gasteiger partial charge in [0.25, 0.3) is 0 Å². The van der Waals surface area contributed by atoms with Crippen LogP contribution in [0.2, 0.25) is 0 Å². The lowest BCUT2D eigenvalue weighted by Gasteiger charge is -2.32. The van der Waals surface area contributed by atoms with Crippen molar-refractivity contribution in [3.05, 3.63) is 259 Å². The standard InChI is InChI=1S/C64H46N2O/c1-2-16-43(17-3-1)47-36-41-52(62(42-47)66-60-29-11-6-21-53(60)54-22-7-12-30-61(54)66)46-34-39-49(40-35-46)65(48-37-32-45(33-38-48)51-25-14-19-44-18-4-5-20-50(44)51)59-28-10-8-23-55(59)57-26-15-27-58-56-24-9-13-31-63(56)67-64(57)58/h1-9,11-27,29-35,37-42,47H,10,28,36H2. The van der Waals surface area contributed by atoms with E-state index in [2.05, 4.69) is 246 Å². The third kappa shape index (κ3) is 6.65. The SMILES string of the molecule is C1=CC(c2cccc3c2oc2ccccc23)=C(N(c2ccc(C3=CCC(c4ccccc4)C=C3n3c4ccccc4c4ccccc43)cc2)c2ccc(-c3cccc4ccccc34)cc2)CC1. The van der Waals surface area contributed by atoms with Crippen LogP contribution in [0.5, 0.6) is 0 Å². The first-order chi connectivity index (χ1) is 33.2. The van der Waals surface area contributed by atoms with E-state index in [1.807, 2.05) is 0 Å². The molecule has 0 fully saturated rings. The first-order valence-electron chi connectivity index (χ1n) is 23.5.